The van der Waals surface area contributed by atoms with Gasteiger partial charge in [0, 0.05) is 30.1 Å². The number of phenols is 1. The molecule has 7 nitrogen and oxygen atoms in total. The van der Waals surface area contributed by atoms with Gasteiger partial charge in [-0.25, -0.2) is 5.26 Å². The van der Waals surface area contributed by atoms with Crippen LogP contribution in [0.25, 0.3) is 0 Å². The second-order valence-corrected chi connectivity index (χ2v) is 14.0. The first-order valence-corrected chi connectivity index (χ1v) is 17.3. The van der Waals surface area contributed by atoms with Gasteiger partial charge >= 0.3 is 8.25 Å². The summed E-state index contributed by atoms with van der Waals surface area (Å²) < 4.78 is 11.6. The van der Waals surface area contributed by atoms with Gasteiger partial charge in [0.1, 0.15) is 5.75 Å². The molecule has 2 fully saturated rings. The van der Waals surface area contributed by atoms with E-state index in [0.717, 1.165) is 12.0 Å². The van der Waals surface area contributed by atoms with Crippen molar-refractivity contribution in [3.63, 3.8) is 0 Å². The zero-order valence-electron chi connectivity index (χ0n) is 26.1. The van der Waals surface area contributed by atoms with Crippen molar-refractivity contribution in [2.45, 2.75) is 101 Å². The van der Waals surface area contributed by atoms with Crippen LogP contribution in [0.5, 0.6) is 5.75 Å². The molecule has 1 saturated carbocycles. The highest BCUT2D eigenvalue weighted by molar-refractivity contribution is 7.30. The number of rotatable bonds is 3. The third-order valence-corrected chi connectivity index (χ3v) is 11.2. The molecule has 0 spiro atoms. The second kappa shape index (κ2) is 14.3. The quantitative estimate of drug-likeness (QED) is 0.168. The van der Waals surface area contributed by atoms with E-state index in [1.165, 1.54) is 112 Å². The Hall–Kier alpha value is -2.12. The molecule has 2 aromatic rings. The highest BCUT2D eigenvalue weighted by Crippen LogP contribution is 2.55. The van der Waals surface area contributed by atoms with Crippen LogP contribution in [0.1, 0.15) is 87.9 Å². The zero-order valence-corrected chi connectivity index (χ0v) is 27.0. The molecule has 0 amide bonds. The van der Waals surface area contributed by atoms with Gasteiger partial charge in [-0.1, -0.05) is 59.9 Å². The summed E-state index contributed by atoms with van der Waals surface area (Å²) in [5.41, 5.74) is 9.78. The molecule has 1 saturated heterocycles. The summed E-state index contributed by atoms with van der Waals surface area (Å²) >= 11 is 0. The maximum atomic E-state index is 9.91. The first-order valence-electron chi connectivity index (χ1n) is 16.2. The third kappa shape index (κ3) is 7.24. The molecule has 5 aliphatic rings. The van der Waals surface area contributed by atoms with Gasteiger partial charge in [-0.2, -0.15) is 0 Å². The number of likely N-dealkylation sites (N-methyl/N-ethyl adjacent to an activating group) is 2. The van der Waals surface area contributed by atoms with Gasteiger partial charge in [0.25, 0.3) is 0 Å². The van der Waals surface area contributed by atoms with E-state index in [2.05, 4.69) is 71.9 Å². The van der Waals surface area contributed by atoms with Crippen LogP contribution in [0.15, 0.2) is 53.6 Å². The van der Waals surface area contributed by atoms with E-state index in [4.69, 9.17) is 14.7 Å². The van der Waals surface area contributed by atoms with Crippen LogP contribution < -0.4 is 4.89 Å². The minimum absolute atomic E-state index is 0. The van der Waals surface area contributed by atoms with Crippen molar-refractivity contribution in [3.8, 4) is 5.75 Å². The Bertz CT molecular complexity index is 1300. The highest BCUT2D eigenvalue weighted by atomic mass is 31.1. The van der Waals surface area contributed by atoms with Gasteiger partial charge in [-0.15, -0.1) is 0 Å². The molecule has 0 radical (unpaired) electrons. The average Bonchev–Trinajstić information content (AvgIpc) is 3.02. The number of benzene rings is 2. The summed E-state index contributed by atoms with van der Waals surface area (Å²) in [4.78, 5) is 14.1. The summed E-state index contributed by atoms with van der Waals surface area (Å²) in [7, 11) is 1.56. The summed E-state index contributed by atoms with van der Waals surface area (Å²) in [5.74, 6) is 1.27. The van der Waals surface area contributed by atoms with E-state index < -0.39 is 8.25 Å². The topological polar surface area (TPSA) is 96.3 Å². The maximum Gasteiger partial charge on any atom is 0.521 e. The molecule has 0 aromatic heterocycles. The minimum Gasteiger partial charge on any atom is -0.565 e. The number of fused-ring (bicyclic) bond motifs is 1. The van der Waals surface area contributed by atoms with E-state index in [0.29, 0.717) is 17.2 Å². The van der Waals surface area contributed by atoms with Gasteiger partial charge in [0.15, 0.2) is 0 Å². The standard InChI is InChI=1S/C18H25N.C17H23NO.HO4P.H2/c1-14-7-9-15(10-8-14)13-18-17-6-4-3-5-16(17)11-12-19(18)2;1-18-9-8-17-7-3-2-4-14(17)16(18)10-12-5-6-13(19)11-15(12)17;1-4-5(2)3;/h7-10,18H,3-6,11-13H2,1-2H3;5-6,11,14,16,19H,2-4,7-10H2,1H3;1H;1H/t18-;14?,16-,17-;;/m00../s1. The number of hydrogen-bond acceptors (Lipinski definition) is 7. The van der Waals surface area contributed by atoms with Crippen LogP contribution in [-0.4, -0.2) is 59.4 Å². The van der Waals surface area contributed by atoms with Crippen LogP contribution in [-0.2, 0) is 27.5 Å². The van der Waals surface area contributed by atoms with E-state index in [1.807, 2.05) is 6.07 Å². The molecular weight excluding hydrogens is 559 g/mol. The molecule has 2 bridgehead atoms. The Morgan fingerprint density at radius 3 is 2.49 bits per heavy atom. The van der Waals surface area contributed by atoms with Crippen molar-refractivity contribution < 1.29 is 25.9 Å². The fourth-order valence-electron chi connectivity index (χ4n) is 8.82. The van der Waals surface area contributed by atoms with Crippen molar-refractivity contribution in [1.29, 1.82) is 0 Å². The molecule has 5 atom stereocenters. The Balaban J connectivity index is 0.000000171. The molecule has 43 heavy (non-hydrogen) atoms. The molecule has 2 N–H and O–H groups in total. The summed E-state index contributed by atoms with van der Waals surface area (Å²) in [6.45, 7) is 4.63. The fraction of sp³-hybridized carbons (Fsp3) is 0.600. The van der Waals surface area contributed by atoms with Gasteiger partial charge in [0.05, 0.1) is 0 Å². The number of aryl methyl sites for hydroxylation is 1. The number of phenolic OH excluding ortho intramolecular Hbond substituents is 1. The fourth-order valence-corrected chi connectivity index (χ4v) is 8.82. The minimum atomic E-state index is -3.04. The van der Waals surface area contributed by atoms with Crippen LogP contribution in [0.3, 0.4) is 0 Å². The van der Waals surface area contributed by atoms with Gasteiger partial charge < -0.3 is 14.9 Å². The van der Waals surface area contributed by atoms with E-state index in [9.17, 15) is 5.11 Å². The van der Waals surface area contributed by atoms with Gasteiger partial charge in [0.2, 0.25) is 0 Å². The predicted octanol–water partition coefficient (Wildman–Crippen LogP) is 6.93. The van der Waals surface area contributed by atoms with Crippen molar-refractivity contribution in [2.24, 2.45) is 5.92 Å². The first-order chi connectivity index (χ1) is 20.7. The van der Waals surface area contributed by atoms with Crippen molar-refractivity contribution >= 4 is 8.25 Å². The largest absolute Gasteiger partial charge is 0.565 e. The lowest BCUT2D eigenvalue weighted by molar-refractivity contribution is -0.244. The number of aromatic hydroxyl groups is 1. The maximum absolute atomic E-state index is 9.91. The van der Waals surface area contributed by atoms with Crippen molar-refractivity contribution in [1.82, 2.24) is 9.80 Å². The lowest BCUT2D eigenvalue weighted by Crippen LogP contribution is -2.59. The Kier molecular flexibility index (Phi) is 10.8. The number of hydrogen-bond donors (Lipinski definition) is 2. The predicted molar refractivity (Wildman–Crippen MR) is 171 cm³/mol. The molecule has 3 aliphatic carbocycles. The molecule has 2 heterocycles. The second-order valence-electron chi connectivity index (χ2n) is 13.4. The molecule has 7 rings (SSSR count). The summed E-state index contributed by atoms with van der Waals surface area (Å²) in [6.07, 6.45) is 16.0. The molecule has 236 valence electrons. The number of nitrogens with zero attached hydrogens (tertiary/aromatic N) is 2. The first kappa shape index (κ1) is 32.3. The Morgan fingerprint density at radius 1 is 1.00 bits per heavy atom. The number of piperidine rings is 1. The molecule has 2 unspecified atom stereocenters. The van der Waals surface area contributed by atoms with Gasteiger partial charge in [-0.05, 0) is 131 Å². The Morgan fingerprint density at radius 2 is 1.74 bits per heavy atom. The smallest absolute Gasteiger partial charge is 0.521 e. The van der Waals surface area contributed by atoms with E-state index in [-0.39, 0.29) is 1.43 Å². The summed E-state index contributed by atoms with van der Waals surface area (Å²) in [6, 6.07) is 16.6. The monoisotopic (exact) mass is 610 g/mol. The van der Waals surface area contributed by atoms with E-state index >= 15 is 0 Å². The van der Waals surface area contributed by atoms with Crippen molar-refractivity contribution in [3.05, 3.63) is 75.9 Å². The average molecular weight is 611 g/mol. The zero-order chi connectivity index (χ0) is 30.6. The lowest BCUT2D eigenvalue weighted by Gasteiger charge is -2.58. The van der Waals surface area contributed by atoms with E-state index in [1.54, 1.807) is 11.1 Å². The van der Waals surface area contributed by atoms with Crippen molar-refractivity contribution in [2.75, 3.05) is 27.2 Å². The molecule has 8 heteroatoms. The van der Waals surface area contributed by atoms with Gasteiger partial charge in [-0.3, -0.25) is 4.90 Å². The Labute approximate surface area is 259 Å². The van der Waals surface area contributed by atoms with Crippen LogP contribution in [0, 0.1) is 12.8 Å². The highest BCUT2D eigenvalue weighted by Gasteiger charge is 2.53. The summed E-state index contributed by atoms with van der Waals surface area (Å²) in [5, 5.41) is 17.0. The SMILES string of the molecule is CN1CC[C@@]23CCCCC2[C@@H]1Cc1ccc(O)cc13.Cc1ccc(C[C@H]2C3=C(CCCC3)CCN2C)cc1.O=[P+]([O-])OO.[HH]. The number of likely N-dealkylation sites (tertiary alicyclic amines) is 1. The van der Waals surface area contributed by atoms with Crippen LogP contribution >= 0.6 is 8.25 Å². The molecular formula is C35H51N2O5P. The third-order valence-electron chi connectivity index (χ3n) is 11.0. The lowest BCUT2D eigenvalue weighted by atomic mass is 9.52. The molecule has 2 aromatic carbocycles. The normalized spacial score (nSPS) is 28.7. The van der Waals surface area contributed by atoms with Crippen LogP contribution in [0.4, 0.5) is 0 Å². The molecule has 2 aliphatic heterocycles. The van der Waals surface area contributed by atoms with Crippen LogP contribution in [0.2, 0.25) is 0 Å².